The summed E-state index contributed by atoms with van der Waals surface area (Å²) in [5.74, 6) is 0. The molecule has 0 aliphatic rings. The van der Waals surface area contributed by atoms with Crippen LogP contribution in [-0.2, 0) is 9.63 Å². The molecule has 1 N–H and O–H groups in total. The van der Waals surface area contributed by atoms with E-state index in [-0.39, 0.29) is 0 Å². The number of carbonyl (C=O) groups is 1. The van der Waals surface area contributed by atoms with Crippen molar-refractivity contribution < 1.29 is 9.63 Å². The van der Waals surface area contributed by atoms with Gasteiger partial charge in [-0.3, -0.25) is 10.2 Å². The van der Waals surface area contributed by atoms with Crippen molar-refractivity contribution in [3.05, 3.63) is 28.8 Å². The summed E-state index contributed by atoms with van der Waals surface area (Å²) >= 11 is 6.04. The fourth-order valence-electron chi connectivity index (χ4n) is 1.20. The third-order valence-corrected chi connectivity index (χ3v) is 2.14. The third kappa shape index (κ3) is 4.63. The minimum Gasteiger partial charge on any atom is -0.274 e. The van der Waals surface area contributed by atoms with Gasteiger partial charge in [-0.1, -0.05) is 17.7 Å². The van der Waals surface area contributed by atoms with Gasteiger partial charge in [0.15, 0.2) is 0 Å². The molecule has 0 saturated heterocycles. The van der Waals surface area contributed by atoms with Crippen molar-refractivity contribution in [2.24, 2.45) is 0 Å². The van der Waals surface area contributed by atoms with Crippen molar-refractivity contribution in [2.75, 3.05) is 5.43 Å². The molecule has 94 valence electrons. The Morgan fingerprint density at radius 3 is 2.53 bits per heavy atom. The molecule has 0 bridgehead atoms. The lowest BCUT2D eigenvalue weighted by Crippen LogP contribution is -2.37. The van der Waals surface area contributed by atoms with E-state index < -0.39 is 5.60 Å². The van der Waals surface area contributed by atoms with E-state index in [0.717, 1.165) is 10.7 Å². The SMILES string of the molecule is Cc1ccc(NN(C=O)OC(C)(C)C)c(Cl)c1. The number of halogens is 1. The van der Waals surface area contributed by atoms with E-state index >= 15 is 0 Å². The van der Waals surface area contributed by atoms with Crippen molar-refractivity contribution in [3.63, 3.8) is 0 Å². The van der Waals surface area contributed by atoms with E-state index in [0.29, 0.717) is 17.1 Å². The van der Waals surface area contributed by atoms with Gasteiger partial charge in [0.1, 0.15) is 0 Å². The average molecular weight is 257 g/mol. The normalized spacial score (nSPS) is 11.1. The van der Waals surface area contributed by atoms with Crippen LogP contribution >= 0.6 is 11.6 Å². The molecule has 1 aromatic carbocycles. The highest BCUT2D eigenvalue weighted by atomic mass is 35.5. The van der Waals surface area contributed by atoms with Gasteiger partial charge in [-0.2, -0.15) is 0 Å². The van der Waals surface area contributed by atoms with Gasteiger partial charge < -0.3 is 0 Å². The summed E-state index contributed by atoms with van der Waals surface area (Å²) in [6, 6.07) is 5.50. The Labute approximate surface area is 106 Å². The highest BCUT2D eigenvalue weighted by molar-refractivity contribution is 6.33. The maximum Gasteiger partial charge on any atom is 0.254 e. The quantitative estimate of drug-likeness (QED) is 0.665. The minimum absolute atomic E-state index is 0.467. The van der Waals surface area contributed by atoms with Gasteiger partial charge in [0, 0.05) is 0 Å². The van der Waals surface area contributed by atoms with Crippen LogP contribution in [0.15, 0.2) is 18.2 Å². The summed E-state index contributed by atoms with van der Waals surface area (Å²) in [7, 11) is 0. The second kappa shape index (κ2) is 5.38. The van der Waals surface area contributed by atoms with Crippen molar-refractivity contribution in [1.29, 1.82) is 0 Å². The number of anilines is 1. The molecule has 0 fully saturated rings. The molecule has 1 amide bonds. The van der Waals surface area contributed by atoms with Gasteiger partial charge in [-0.15, -0.1) is 5.17 Å². The number of hydrazine groups is 1. The fourth-order valence-corrected chi connectivity index (χ4v) is 1.47. The van der Waals surface area contributed by atoms with Gasteiger partial charge in [0.25, 0.3) is 6.41 Å². The summed E-state index contributed by atoms with van der Waals surface area (Å²) in [4.78, 5) is 16.2. The van der Waals surface area contributed by atoms with E-state index in [1.165, 1.54) is 0 Å². The Morgan fingerprint density at radius 1 is 1.41 bits per heavy atom. The topological polar surface area (TPSA) is 41.6 Å². The molecular formula is C12H17ClN2O2. The van der Waals surface area contributed by atoms with E-state index in [9.17, 15) is 4.79 Å². The zero-order valence-electron chi connectivity index (χ0n) is 10.5. The van der Waals surface area contributed by atoms with Crippen molar-refractivity contribution in [2.45, 2.75) is 33.3 Å². The molecule has 0 unspecified atom stereocenters. The zero-order chi connectivity index (χ0) is 13.1. The zero-order valence-corrected chi connectivity index (χ0v) is 11.2. The van der Waals surface area contributed by atoms with Gasteiger partial charge in [-0.25, -0.2) is 4.84 Å². The smallest absolute Gasteiger partial charge is 0.254 e. The molecule has 0 aromatic heterocycles. The molecule has 0 heterocycles. The third-order valence-electron chi connectivity index (χ3n) is 1.82. The fraction of sp³-hybridized carbons (Fsp3) is 0.417. The Bertz CT molecular complexity index is 402. The Kier molecular flexibility index (Phi) is 4.37. The summed E-state index contributed by atoms with van der Waals surface area (Å²) in [5.41, 5.74) is 3.99. The molecule has 0 saturated carbocycles. The van der Waals surface area contributed by atoms with Crippen LogP contribution in [0.25, 0.3) is 0 Å². The highest BCUT2D eigenvalue weighted by Crippen LogP contribution is 2.23. The van der Waals surface area contributed by atoms with Gasteiger partial charge >= 0.3 is 0 Å². The first-order valence-corrected chi connectivity index (χ1v) is 5.66. The molecule has 0 radical (unpaired) electrons. The summed E-state index contributed by atoms with van der Waals surface area (Å²) in [6.07, 6.45) is 0.557. The second-order valence-electron chi connectivity index (χ2n) is 4.73. The Morgan fingerprint density at radius 2 is 2.06 bits per heavy atom. The Balaban J connectivity index is 2.77. The maximum atomic E-state index is 10.9. The molecule has 4 nitrogen and oxygen atoms in total. The summed E-state index contributed by atoms with van der Waals surface area (Å²) in [6.45, 7) is 7.49. The second-order valence-corrected chi connectivity index (χ2v) is 5.14. The lowest BCUT2D eigenvalue weighted by Gasteiger charge is -2.27. The van der Waals surface area contributed by atoms with Crippen LogP contribution in [0.3, 0.4) is 0 Å². The first kappa shape index (κ1) is 13.8. The van der Waals surface area contributed by atoms with E-state index in [1.807, 2.05) is 39.8 Å². The van der Waals surface area contributed by atoms with Crippen LogP contribution < -0.4 is 5.43 Å². The standard InChI is InChI=1S/C12H17ClN2O2/c1-9-5-6-11(10(13)7-9)14-15(8-16)17-12(2,3)4/h5-8,14H,1-4H3. The van der Waals surface area contributed by atoms with E-state index in [2.05, 4.69) is 5.43 Å². The van der Waals surface area contributed by atoms with Crippen LogP contribution in [0.4, 0.5) is 5.69 Å². The molecule has 5 heteroatoms. The van der Waals surface area contributed by atoms with Gasteiger partial charge in [0.05, 0.1) is 16.3 Å². The highest BCUT2D eigenvalue weighted by Gasteiger charge is 2.16. The lowest BCUT2D eigenvalue weighted by atomic mass is 10.2. The number of hydrogen-bond donors (Lipinski definition) is 1. The van der Waals surface area contributed by atoms with E-state index in [1.54, 1.807) is 6.07 Å². The van der Waals surface area contributed by atoms with Crippen LogP contribution in [0.1, 0.15) is 26.3 Å². The molecule has 1 aromatic rings. The number of aryl methyl sites for hydroxylation is 1. The first-order chi connectivity index (χ1) is 7.81. The molecule has 1 rings (SSSR count). The number of hydroxylamine groups is 1. The molecule has 17 heavy (non-hydrogen) atoms. The van der Waals surface area contributed by atoms with Gasteiger partial charge in [-0.05, 0) is 45.4 Å². The first-order valence-electron chi connectivity index (χ1n) is 5.28. The number of carbonyl (C=O) groups excluding carboxylic acids is 1. The molecule has 0 atom stereocenters. The van der Waals surface area contributed by atoms with Crippen molar-refractivity contribution >= 4 is 23.7 Å². The van der Waals surface area contributed by atoms with Crippen LogP contribution in [0, 0.1) is 6.92 Å². The average Bonchev–Trinajstić information content (AvgIpc) is 2.19. The van der Waals surface area contributed by atoms with Gasteiger partial charge in [0.2, 0.25) is 0 Å². The number of nitrogens with zero attached hydrogens (tertiary/aromatic N) is 1. The molecule has 0 aliphatic heterocycles. The largest absolute Gasteiger partial charge is 0.274 e. The lowest BCUT2D eigenvalue weighted by molar-refractivity contribution is -0.205. The molecular weight excluding hydrogens is 240 g/mol. The minimum atomic E-state index is -0.467. The Hall–Kier alpha value is -1.26. The maximum absolute atomic E-state index is 10.9. The number of hydrogen-bond acceptors (Lipinski definition) is 3. The predicted octanol–water partition coefficient (Wildman–Crippen LogP) is 3.16. The van der Waals surface area contributed by atoms with Crippen molar-refractivity contribution in [1.82, 2.24) is 5.17 Å². The summed E-state index contributed by atoms with van der Waals surface area (Å²) in [5, 5.41) is 1.55. The summed E-state index contributed by atoms with van der Waals surface area (Å²) < 4.78 is 0. The molecule has 0 aliphatic carbocycles. The number of nitrogens with one attached hydrogen (secondary N) is 1. The molecule has 0 spiro atoms. The van der Waals surface area contributed by atoms with E-state index in [4.69, 9.17) is 16.4 Å². The number of amides is 1. The van der Waals surface area contributed by atoms with Crippen molar-refractivity contribution in [3.8, 4) is 0 Å². The van der Waals surface area contributed by atoms with Crippen LogP contribution in [0.5, 0.6) is 0 Å². The number of rotatable bonds is 4. The van der Waals surface area contributed by atoms with Crippen LogP contribution in [0.2, 0.25) is 5.02 Å². The predicted molar refractivity (Wildman–Crippen MR) is 68.6 cm³/mol. The monoisotopic (exact) mass is 256 g/mol. The number of benzene rings is 1. The van der Waals surface area contributed by atoms with Crippen LogP contribution in [-0.4, -0.2) is 17.2 Å².